The van der Waals surface area contributed by atoms with E-state index in [0.717, 1.165) is 0 Å². The number of halogens is 1. The molecule has 3 aromatic carbocycles. The van der Waals surface area contributed by atoms with Gasteiger partial charge in [-0.2, -0.15) is 4.68 Å². The lowest BCUT2D eigenvalue weighted by Crippen LogP contribution is -2.49. The number of non-ortho nitro benzene ring substituents is 1. The standard InChI is InChI=1S/C29H27ClN8O7/c1-29(2,3)45-28(42)18-6-9-20(10-7-18)32-25(39)23(14-17-4-11-21(12-5-17)38(43)44)34-27(41)26(40)33-22-15-19(30)8-13-24(22)37-16-31-35-36-37/h4-13,15-16,23H,14H2,1-3H3,(H,32,39)(H,33,40)(H,34,41)/t23-/m0/s1. The number of carbonyl (C=O) groups excluding carboxylic acids is 4. The van der Waals surface area contributed by atoms with E-state index in [2.05, 4.69) is 31.5 Å². The highest BCUT2D eigenvalue weighted by molar-refractivity contribution is 6.40. The molecule has 1 heterocycles. The normalized spacial score (nSPS) is 11.6. The van der Waals surface area contributed by atoms with Crippen molar-refractivity contribution in [3.05, 3.63) is 99.3 Å². The number of anilines is 2. The van der Waals surface area contributed by atoms with Crippen molar-refractivity contribution in [2.24, 2.45) is 0 Å². The SMILES string of the molecule is CC(C)(C)OC(=O)c1ccc(NC(=O)[C@H](Cc2ccc([N+](=O)[O-])cc2)NC(=O)C(=O)Nc2cc(Cl)ccc2-n2cnnn2)cc1. The van der Waals surface area contributed by atoms with Crippen molar-refractivity contribution in [3.8, 4) is 5.69 Å². The van der Waals surface area contributed by atoms with Crippen LogP contribution in [0.3, 0.4) is 0 Å². The molecule has 0 saturated carbocycles. The predicted molar refractivity (Wildman–Crippen MR) is 162 cm³/mol. The van der Waals surface area contributed by atoms with Crippen LogP contribution in [0.25, 0.3) is 5.69 Å². The van der Waals surface area contributed by atoms with Crippen molar-refractivity contribution in [3.63, 3.8) is 0 Å². The van der Waals surface area contributed by atoms with Crippen LogP contribution in [0.2, 0.25) is 5.02 Å². The number of nitrogens with zero attached hydrogens (tertiary/aromatic N) is 5. The first-order chi connectivity index (χ1) is 21.3. The van der Waals surface area contributed by atoms with Crippen LogP contribution < -0.4 is 16.0 Å². The zero-order valence-electron chi connectivity index (χ0n) is 24.2. The monoisotopic (exact) mass is 634 g/mol. The lowest BCUT2D eigenvalue weighted by Gasteiger charge is -2.20. The number of hydrogen-bond donors (Lipinski definition) is 3. The van der Waals surface area contributed by atoms with Crippen molar-refractivity contribution >= 4 is 52.4 Å². The molecular weight excluding hydrogens is 608 g/mol. The summed E-state index contributed by atoms with van der Waals surface area (Å²) < 4.78 is 6.60. The van der Waals surface area contributed by atoms with Gasteiger partial charge in [-0.05, 0) is 79.2 Å². The summed E-state index contributed by atoms with van der Waals surface area (Å²) in [5, 5.41) is 29.7. The Bertz CT molecular complexity index is 1720. The van der Waals surface area contributed by atoms with E-state index in [-0.39, 0.29) is 28.4 Å². The molecule has 0 fully saturated rings. The number of carbonyl (C=O) groups is 4. The van der Waals surface area contributed by atoms with Crippen molar-refractivity contribution in [1.29, 1.82) is 0 Å². The molecule has 232 valence electrons. The van der Waals surface area contributed by atoms with Crippen LogP contribution in [0.4, 0.5) is 17.1 Å². The Morgan fingerprint density at radius 2 is 1.67 bits per heavy atom. The summed E-state index contributed by atoms with van der Waals surface area (Å²) in [5.74, 6) is -3.51. The van der Waals surface area contributed by atoms with Crippen LogP contribution in [-0.4, -0.2) is 60.5 Å². The molecule has 1 atom stereocenters. The van der Waals surface area contributed by atoms with Gasteiger partial charge in [-0.15, -0.1) is 5.10 Å². The van der Waals surface area contributed by atoms with E-state index in [0.29, 0.717) is 16.9 Å². The first kappa shape index (κ1) is 32.2. The Balaban J connectivity index is 1.52. The minimum absolute atomic E-state index is 0.119. The largest absolute Gasteiger partial charge is 0.456 e. The number of nitro groups is 1. The van der Waals surface area contributed by atoms with E-state index in [1.165, 1.54) is 71.7 Å². The number of rotatable bonds is 9. The molecule has 15 nitrogen and oxygen atoms in total. The summed E-state index contributed by atoms with van der Waals surface area (Å²) in [5.41, 5.74) is 0.617. The van der Waals surface area contributed by atoms with Gasteiger partial charge in [-0.3, -0.25) is 24.5 Å². The summed E-state index contributed by atoms with van der Waals surface area (Å²) in [6, 6.07) is 14.5. The molecule has 4 rings (SSSR count). The lowest BCUT2D eigenvalue weighted by atomic mass is 10.0. The maximum absolute atomic E-state index is 13.4. The molecule has 1 aromatic heterocycles. The first-order valence-electron chi connectivity index (χ1n) is 13.3. The van der Waals surface area contributed by atoms with Crippen LogP contribution in [0, 0.1) is 10.1 Å². The van der Waals surface area contributed by atoms with Crippen molar-refractivity contribution in [2.75, 3.05) is 10.6 Å². The Kier molecular flexibility index (Phi) is 9.83. The van der Waals surface area contributed by atoms with E-state index in [4.69, 9.17) is 16.3 Å². The fourth-order valence-electron chi connectivity index (χ4n) is 3.94. The highest BCUT2D eigenvalue weighted by Crippen LogP contribution is 2.24. The molecular formula is C29H27ClN8O7. The highest BCUT2D eigenvalue weighted by Gasteiger charge is 2.26. The molecule has 0 spiro atoms. The van der Waals surface area contributed by atoms with Gasteiger partial charge in [0.05, 0.1) is 21.9 Å². The Morgan fingerprint density at radius 1 is 0.978 bits per heavy atom. The Hall–Kier alpha value is -5.70. The number of benzene rings is 3. The van der Waals surface area contributed by atoms with Crippen LogP contribution in [-0.2, 0) is 25.5 Å². The first-order valence-corrected chi connectivity index (χ1v) is 13.7. The summed E-state index contributed by atoms with van der Waals surface area (Å²) in [6.45, 7) is 5.21. The molecule has 0 radical (unpaired) electrons. The van der Waals surface area contributed by atoms with Gasteiger partial charge in [-0.1, -0.05) is 23.7 Å². The maximum Gasteiger partial charge on any atom is 0.338 e. The second-order valence-electron chi connectivity index (χ2n) is 10.6. The van der Waals surface area contributed by atoms with Crippen molar-refractivity contribution in [1.82, 2.24) is 25.5 Å². The molecule has 45 heavy (non-hydrogen) atoms. The van der Waals surface area contributed by atoms with Crippen LogP contribution >= 0.6 is 11.6 Å². The zero-order chi connectivity index (χ0) is 32.7. The topological polar surface area (TPSA) is 200 Å². The number of ether oxygens (including phenoxy) is 1. The second kappa shape index (κ2) is 13.7. The minimum Gasteiger partial charge on any atom is -0.456 e. The number of tetrazole rings is 1. The average molecular weight is 635 g/mol. The molecule has 0 unspecified atom stereocenters. The summed E-state index contributed by atoms with van der Waals surface area (Å²) in [4.78, 5) is 62.2. The molecule has 16 heteroatoms. The predicted octanol–water partition coefficient (Wildman–Crippen LogP) is 3.48. The summed E-state index contributed by atoms with van der Waals surface area (Å²) in [6.07, 6.45) is 1.16. The number of esters is 1. The number of hydrogen-bond acceptors (Lipinski definition) is 10. The number of amides is 3. The van der Waals surface area contributed by atoms with Crippen molar-refractivity contribution < 1.29 is 28.8 Å². The van der Waals surface area contributed by atoms with Gasteiger partial charge < -0.3 is 20.7 Å². The van der Waals surface area contributed by atoms with Gasteiger partial charge in [0.1, 0.15) is 18.0 Å². The van der Waals surface area contributed by atoms with Gasteiger partial charge >= 0.3 is 17.8 Å². The smallest absolute Gasteiger partial charge is 0.338 e. The van der Waals surface area contributed by atoms with Crippen LogP contribution in [0.5, 0.6) is 0 Å². The highest BCUT2D eigenvalue weighted by atomic mass is 35.5. The fourth-order valence-corrected chi connectivity index (χ4v) is 4.11. The Labute approximate surface area is 261 Å². The molecule has 0 aliphatic rings. The maximum atomic E-state index is 13.4. The van der Waals surface area contributed by atoms with Crippen molar-refractivity contribution in [2.45, 2.75) is 38.8 Å². The second-order valence-corrected chi connectivity index (χ2v) is 11.0. The Morgan fingerprint density at radius 3 is 2.27 bits per heavy atom. The van der Waals surface area contributed by atoms with Gasteiger partial charge in [0.15, 0.2) is 0 Å². The van der Waals surface area contributed by atoms with Gasteiger partial charge in [0.2, 0.25) is 5.91 Å². The molecule has 0 bridgehead atoms. The number of aromatic nitrogens is 4. The minimum atomic E-state index is -1.30. The van der Waals surface area contributed by atoms with E-state index in [9.17, 15) is 29.3 Å². The summed E-state index contributed by atoms with van der Waals surface area (Å²) >= 11 is 6.09. The molecule has 3 N–H and O–H groups in total. The molecule has 0 aliphatic carbocycles. The van der Waals surface area contributed by atoms with Gasteiger partial charge in [-0.25, -0.2) is 4.79 Å². The quantitative estimate of drug-likeness (QED) is 0.106. The lowest BCUT2D eigenvalue weighted by molar-refractivity contribution is -0.384. The molecule has 0 saturated heterocycles. The van der Waals surface area contributed by atoms with E-state index in [1.54, 1.807) is 26.8 Å². The van der Waals surface area contributed by atoms with Crippen LogP contribution in [0.1, 0.15) is 36.7 Å². The van der Waals surface area contributed by atoms with Gasteiger partial charge in [0.25, 0.3) is 5.69 Å². The number of nitrogens with one attached hydrogen (secondary N) is 3. The number of nitro benzene ring substituents is 1. The third-order valence-electron chi connectivity index (χ3n) is 6.00. The fraction of sp³-hybridized carbons (Fsp3) is 0.207. The summed E-state index contributed by atoms with van der Waals surface area (Å²) in [7, 11) is 0. The van der Waals surface area contributed by atoms with Crippen LogP contribution in [0.15, 0.2) is 73.1 Å². The molecule has 0 aliphatic heterocycles. The molecule has 3 amide bonds. The van der Waals surface area contributed by atoms with Gasteiger partial charge in [0, 0.05) is 29.3 Å². The van der Waals surface area contributed by atoms with E-state index < -0.39 is 40.3 Å². The van der Waals surface area contributed by atoms with E-state index in [1.807, 2.05) is 0 Å². The third kappa shape index (κ3) is 8.90. The average Bonchev–Trinajstić information content (AvgIpc) is 3.51. The van der Waals surface area contributed by atoms with E-state index >= 15 is 0 Å². The zero-order valence-corrected chi connectivity index (χ0v) is 24.9. The molecule has 4 aromatic rings. The third-order valence-corrected chi connectivity index (χ3v) is 6.24.